The minimum Gasteiger partial charge on any atom is -0.391 e. The fraction of sp³-hybridized carbons (Fsp3) is 0.500. The van der Waals surface area contributed by atoms with Gasteiger partial charge in [-0.25, -0.2) is 0 Å². The van der Waals surface area contributed by atoms with Crippen molar-refractivity contribution in [1.82, 2.24) is 4.90 Å². The van der Waals surface area contributed by atoms with Crippen LogP contribution < -0.4 is 0 Å². The molecule has 1 aromatic carbocycles. The highest BCUT2D eigenvalue weighted by molar-refractivity contribution is 5.76. The van der Waals surface area contributed by atoms with Gasteiger partial charge in [0.1, 0.15) is 0 Å². The van der Waals surface area contributed by atoms with Crippen molar-refractivity contribution in [3.63, 3.8) is 0 Å². The highest BCUT2D eigenvalue weighted by Crippen LogP contribution is 2.12. The second kappa shape index (κ2) is 5.82. The second-order valence-corrected chi connectivity index (χ2v) is 4.62. The fourth-order valence-corrected chi connectivity index (χ4v) is 2.21. The van der Waals surface area contributed by atoms with E-state index >= 15 is 0 Å². The van der Waals surface area contributed by atoms with Gasteiger partial charge in [-0.2, -0.15) is 0 Å². The molecule has 1 saturated heterocycles. The van der Waals surface area contributed by atoms with Gasteiger partial charge < -0.3 is 10.0 Å². The fourth-order valence-electron chi connectivity index (χ4n) is 2.21. The highest BCUT2D eigenvalue weighted by atomic mass is 16.3. The summed E-state index contributed by atoms with van der Waals surface area (Å²) in [5.74, 6) is 0.178. The van der Waals surface area contributed by atoms with Gasteiger partial charge in [0.2, 0.25) is 5.91 Å². The molecule has 2 rings (SSSR count). The van der Waals surface area contributed by atoms with E-state index in [1.165, 1.54) is 5.56 Å². The lowest BCUT2D eigenvalue weighted by molar-refractivity contribution is -0.130. The average molecular weight is 233 g/mol. The molecule has 17 heavy (non-hydrogen) atoms. The van der Waals surface area contributed by atoms with Gasteiger partial charge in [0.25, 0.3) is 0 Å². The number of benzene rings is 1. The van der Waals surface area contributed by atoms with Crippen LogP contribution in [0.2, 0.25) is 0 Å². The van der Waals surface area contributed by atoms with Crippen LogP contribution in [0.15, 0.2) is 30.3 Å². The Labute approximate surface area is 102 Å². The number of nitrogens with zero attached hydrogens (tertiary/aromatic N) is 1. The molecular formula is C14H19NO2. The minimum atomic E-state index is -0.312. The standard InChI is InChI=1S/C14H19NO2/c16-13-9-10-15(11-13)14(17)8-4-7-12-5-2-1-3-6-12/h1-3,5-6,13,16H,4,7-11H2/t13-/m0/s1. The Bertz CT molecular complexity index is 364. The van der Waals surface area contributed by atoms with E-state index < -0.39 is 0 Å². The number of rotatable bonds is 4. The van der Waals surface area contributed by atoms with Crippen molar-refractivity contribution in [2.24, 2.45) is 0 Å². The molecule has 0 aromatic heterocycles. The Morgan fingerprint density at radius 1 is 1.35 bits per heavy atom. The molecule has 0 unspecified atom stereocenters. The lowest BCUT2D eigenvalue weighted by Gasteiger charge is -2.15. The third-order valence-electron chi connectivity index (χ3n) is 3.22. The van der Waals surface area contributed by atoms with Gasteiger partial charge in [-0.15, -0.1) is 0 Å². The molecule has 0 aliphatic carbocycles. The number of amides is 1. The van der Waals surface area contributed by atoms with E-state index in [9.17, 15) is 9.90 Å². The molecule has 3 nitrogen and oxygen atoms in total. The van der Waals surface area contributed by atoms with Gasteiger partial charge in [0.05, 0.1) is 6.10 Å². The third kappa shape index (κ3) is 3.56. The van der Waals surface area contributed by atoms with Crippen LogP contribution in [-0.2, 0) is 11.2 Å². The van der Waals surface area contributed by atoms with E-state index in [-0.39, 0.29) is 12.0 Å². The molecule has 1 aliphatic heterocycles. The van der Waals surface area contributed by atoms with Crippen molar-refractivity contribution < 1.29 is 9.90 Å². The maximum atomic E-state index is 11.8. The number of aryl methyl sites for hydroxylation is 1. The molecule has 1 N–H and O–H groups in total. The van der Waals surface area contributed by atoms with Crippen LogP contribution >= 0.6 is 0 Å². The molecule has 1 fully saturated rings. The van der Waals surface area contributed by atoms with Crippen LogP contribution in [0.1, 0.15) is 24.8 Å². The second-order valence-electron chi connectivity index (χ2n) is 4.62. The van der Waals surface area contributed by atoms with Crippen LogP contribution in [0.4, 0.5) is 0 Å². The van der Waals surface area contributed by atoms with E-state index in [4.69, 9.17) is 0 Å². The lowest BCUT2D eigenvalue weighted by Crippen LogP contribution is -2.29. The van der Waals surface area contributed by atoms with Crippen molar-refractivity contribution in [2.45, 2.75) is 31.8 Å². The first-order valence-corrected chi connectivity index (χ1v) is 6.25. The van der Waals surface area contributed by atoms with Gasteiger partial charge in [-0.05, 0) is 24.8 Å². The monoisotopic (exact) mass is 233 g/mol. The average Bonchev–Trinajstić information content (AvgIpc) is 2.77. The summed E-state index contributed by atoms with van der Waals surface area (Å²) >= 11 is 0. The Morgan fingerprint density at radius 3 is 2.76 bits per heavy atom. The number of β-amino-alcohol motifs (C(OH)–C–C–N with tert-alkyl or cyclic N) is 1. The molecule has 1 aliphatic rings. The predicted octanol–water partition coefficient (Wildman–Crippen LogP) is 1.60. The maximum absolute atomic E-state index is 11.8. The number of carbonyl (C=O) groups excluding carboxylic acids is 1. The van der Waals surface area contributed by atoms with E-state index in [1.54, 1.807) is 4.90 Å². The van der Waals surface area contributed by atoms with Crippen LogP contribution in [0.5, 0.6) is 0 Å². The summed E-state index contributed by atoms with van der Waals surface area (Å²) in [5.41, 5.74) is 1.28. The Hall–Kier alpha value is -1.35. The maximum Gasteiger partial charge on any atom is 0.222 e. The van der Waals surface area contributed by atoms with E-state index in [0.29, 0.717) is 19.5 Å². The zero-order chi connectivity index (χ0) is 12.1. The Balaban J connectivity index is 1.70. The van der Waals surface area contributed by atoms with Crippen LogP contribution in [0.3, 0.4) is 0 Å². The molecule has 1 atom stereocenters. The van der Waals surface area contributed by atoms with Crippen molar-refractivity contribution in [2.75, 3.05) is 13.1 Å². The van der Waals surface area contributed by atoms with Crippen LogP contribution in [0.25, 0.3) is 0 Å². The summed E-state index contributed by atoms with van der Waals surface area (Å²) in [5, 5.41) is 9.36. The number of hydrogen-bond acceptors (Lipinski definition) is 2. The predicted molar refractivity (Wildman–Crippen MR) is 66.6 cm³/mol. The van der Waals surface area contributed by atoms with Crippen molar-refractivity contribution in [3.05, 3.63) is 35.9 Å². The minimum absolute atomic E-state index is 0.178. The summed E-state index contributed by atoms with van der Waals surface area (Å²) in [6.45, 7) is 1.23. The number of carbonyl (C=O) groups is 1. The molecule has 92 valence electrons. The first-order valence-electron chi connectivity index (χ1n) is 6.25. The van der Waals surface area contributed by atoms with E-state index in [1.807, 2.05) is 18.2 Å². The molecule has 1 heterocycles. The first-order chi connectivity index (χ1) is 8.25. The van der Waals surface area contributed by atoms with Crippen LogP contribution in [0, 0.1) is 0 Å². The molecule has 0 saturated carbocycles. The van der Waals surface area contributed by atoms with Gasteiger partial charge in [-0.3, -0.25) is 4.79 Å². The third-order valence-corrected chi connectivity index (χ3v) is 3.22. The quantitative estimate of drug-likeness (QED) is 0.858. The Morgan fingerprint density at radius 2 is 2.12 bits per heavy atom. The van der Waals surface area contributed by atoms with Crippen molar-refractivity contribution >= 4 is 5.91 Å². The topological polar surface area (TPSA) is 40.5 Å². The first kappa shape index (κ1) is 12.1. The van der Waals surface area contributed by atoms with Gasteiger partial charge >= 0.3 is 0 Å². The molecule has 0 bridgehead atoms. The zero-order valence-corrected chi connectivity index (χ0v) is 10.0. The summed E-state index contributed by atoms with van der Waals surface area (Å²) in [7, 11) is 0. The van der Waals surface area contributed by atoms with Crippen molar-refractivity contribution in [1.29, 1.82) is 0 Å². The van der Waals surface area contributed by atoms with E-state index in [2.05, 4.69) is 12.1 Å². The van der Waals surface area contributed by atoms with Crippen LogP contribution in [-0.4, -0.2) is 35.1 Å². The van der Waals surface area contributed by atoms with Gasteiger partial charge in [-0.1, -0.05) is 30.3 Å². The largest absolute Gasteiger partial charge is 0.391 e. The highest BCUT2D eigenvalue weighted by Gasteiger charge is 2.23. The van der Waals surface area contributed by atoms with Crippen molar-refractivity contribution in [3.8, 4) is 0 Å². The smallest absolute Gasteiger partial charge is 0.222 e. The molecule has 0 radical (unpaired) electrons. The summed E-state index contributed by atoms with van der Waals surface area (Å²) in [4.78, 5) is 13.6. The summed E-state index contributed by atoms with van der Waals surface area (Å²) in [6, 6.07) is 10.2. The Kier molecular flexibility index (Phi) is 4.15. The lowest BCUT2D eigenvalue weighted by atomic mass is 10.1. The molecule has 3 heteroatoms. The van der Waals surface area contributed by atoms with Gasteiger partial charge in [0.15, 0.2) is 0 Å². The summed E-state index contributed by atoms with van der Waals surface area (Å²) < 4.78 is 0. The SMILES string of the molecule is O=C(CCCc1ccccc1)N1CC[C@H](O)C1. The number of likely N-dealkylation sites (tertiary alicyclic amines) is 1. The number of aliphatic hydroxyl groups excluding tert-OH is 1. The number of hydrogen-bond donors (Lipinski definition) is 1. The molecule has 0 spiro atoms. The van der Waals surface area contributed by atoms with Gasteiger partial charge in [0, 0.05) is 19.5 Å². The normalized spacial score (nSPS) is 19.6. The summed E-state index contributed by atoms with van der Waals surface area (Å²) in [6.07, 6.45) is 2.83. The molecule has 1 amide bonds. The zero-order valence-electron chi connectivity index (χ0n) is 10.0. The van der Waals surface area contributed by atoms with E-state index in [0.717, 1.165) is 19.3 Å². The molecular weight excluding hydrogens is 214 g/mol. The number of aliphatic hydroxyl groups is 1. The molecule has 1 aromatic rings.